The Morgan fingerprint density at radius 3 is 2.67 bits per heavy atom. The van der Waals surface area contributed by atoms with Crippen LogP contribution >= 0.6 is 0 Å². The van der Waals surface area contributed by atoms with E-state index in [4.69, 9.17) is 4.74 Å². The number of carbonyl (C=O) groups is 1. The van der Waals surface area contributed by atoms with Crippen LogP contribution in [-0.2, 0) is 11.3 Å². The molecule has 0 aliphatic heterocycles. The SMILES string of the molecule is CCOC(=O)c1c(O)c2ncccc2n(Cc2ccccc2)c1=O. The molecule has 2 aromatic heterocycles. The topological polar surface area (TPSA) is 81.4 Å². The van der Waals surface area contributed by atoms with E-state index in [0.717, 1.165) is 5.56 Å². The first-order chi connectivity index (χ1) is 11.6. The van der Waals surface area contributed by atoms with Crippen LogP contribution in [0.5, 0.6) is 5.75 Å². The van der Waals surface area contributed by atoms with Crippen LogP contribution in [0.2, 0.25) is 0 Å². The fourth-order valence-electron chi connectivity index (χ4n) is 2.57. The van der Waals surface area contributed by atoms with Crippen LogP contribution in [0.15, 0.2) is 53.5 Å². The fourth-order valence-corrected chi connectivity index (χ4v) is 2.57. The second kappa shape index (κ2) is 6.54. The number of rotatable bonds is 4. The summed E-state index contributed by atoms with van der Waals surface area (Å²) in [5.74, 6) is -1.30. The molecule has 0 aliphatic carbocycles. The Balaban J connectivity index is 2.27. The van der Waals surface area contributed by atoms with Crippen LogP contribution in [-0.4, -0.2) is 27.2 Å². The van der Waals surface area contributed by atoms with Gasteiger partial charge in [-0.2, -0.15) is 0 Å². The third-order valence-corrected chi connectivity index (χ3v) is 3.66. The van der Waals surface area contributed by atoms with Gasteiger partial charge in [-0.3, -0.25) is 9.78 Å². The average molecular weight is 324 g/mol. The number of aromatic nitrogens is 2. The van der Waals surface area contributed by atoms with Crippen LogP contribution in [0.25, 0.3) is 11.0 Å². The Bertz CT molecular complexity index is 948. The lowest BCUT2D eigenvalue weighted by Crippen LogP contribution is -2.28. The maximum absolute atomic E-state index is 12.8. The lowest BCUT2D eigenvalue weighted by atomic mass is 10.1. The molecule has 0 radical (unpaired) electrons. The average Bonchev–Trinajstić information content (AvgIpc) is 2.60. The van der Waals surface area contributed by atoms with E-state index < -0.39 is 17.3 Å². The standard InChI is InChI=1S/C18H16N2O4/c1-2-24-18(23)14-16(21)15-13(9-6-10-19-15)20(17(14)22)11-12-7-4-3-5-8-12/h3-10,21H,2,11H2,1H3. The highest BCUT2D eigenvalue weighted by Gasteiger charge is 2.23. The number of esters is 1. The Morgan fingerprint density at radius 2 is 1.96 bits per heavy atom. The normalized spacial score (nSPS) is 10.7. The smallest absolute Gasteiger partial charge is 0.347 e. The molecule has 2 heterocycles. The highest BCUT2D eigenvalue weighted by molar-refractivity contribution is 5.98. The third kappa shape index (κ3) is 2.74. The van der Waals surface area contributed by atoms with Crippen LogP contribution in [0.4, 0.5) is 0 Å². The van der Waals surface area contributed by atoms with Crippen molar-refractivity contribution < 1.29 is 14.6 Å². The van der Waals surface area contributed by atoms with Crippen LogP contribution in [0.3, 0.4) is 0 Å². The molecule has 0 saturated heterocycles. The van der Waals surface area contributed by atoms with Gasteiger partial charge in [0.2, 0.25) is 0 Å². The van der Waals surface area contributed by atoms with Crippen molar-refractivity contribution in [3.05, 3.63) is 70.1 Å². The molecule has 0 fully saturated rings. The lowest BCUT2D eigenvalue weighted by molar-refractivity contribution is 0.0520. The summed E-state index contributed by atoms with van der Waals surface area (Å²) in [5, 5.41) is 10.3. The molecule has 1 N–H and O–H groups in total. The van der Waals surface area contributed by atoms with Crippen molar-refractivity contribution >= 4 is 17.0 Å². The highest BCUT2D eigenvalue weighted by atomic mass is 16.5. The first kappa shape index (κ1) is 15.7. The summed E-state index contributed by atoms with van der Waals surface area (Å²) in [6, 6.07) is 12.7. The number of nitrogens with zero attached hydrogens (tertiary/aromatic N) is 2. The van der Waals surface area contributed by atoms with Crippen LogP contribution in [0, 0.1) is 0 Å². The van der Waals surface area contributed by atoms with E-state index >= 15 is 0 Å². The first-order valence-electron chi connectivity index (χ1n) is 7.55. The van der Waals surface area contributed by atoms with E-state index in [9.17, 15) is 14.7 Å². The fraction of sp³-hybridized carbons (Fsp3) is 0.167. The zero-order chi connectivity index (χ0) is 17.1. The maximum atomic E-state index is 12.8. The second-order valence-electron chi connectivity index (χ2n) is 5.19. The van der Waals surface area contributed by atoms with Gasteiger partial charge in [0.1, 0.15) is 5.52 Å². The number of hydrogen-bond acceptors (Lipinski definition) is 5. The second-order valence-corrected chi connectivity index (χ2v) is 5.19. The van der Waals surface area contributed by atoms with Gasteiger partial charge in [-0.25, -0.2) is 4.79 Å². The van der Waals surface area contributed by atoms with E-state index in [0.29, 0.717) is 5.52 Å². The van der Waals surface area contributed by atoms with Crippen molar-refractivity contribution in [1.29, 1.82) is 0 Å². The molecule has 0 amide bonds. The molecule has 122 valence electrons. The summed E-state index contributed by atoms with van der Waals surface area (Å²) in [6.45, 7) is 2.00. The van der Waals surface area contributed by atoms with E-state index in [1.807, 2.05) is 30.3 Å². The monoisotopic (exact) mass is 324 g/mol. The van der Waals surface area contributed by atoms with E-state index in [1.54, 1.807) is 19.1 Å². The number of fused-ring (bicyclic) bond motifs is 1. The van der Waals surface area contributed by atoms with Crippen molar-refractivity contribution in [3.63, 3.8) is 0 Å². The van der Waals surface area contributed by atoms with Crippen molar-refractivity contribution in [2.75, 3.05) is 6.61 Å². The van der Waals surface area contributed by atoms with Gasteiger partial charge in [0, 0.05) is 6.20 Å². The third-order valence-electron chi connectivity index (χ3n) is 3.66. The summed E-state index contributed by atoms with van der Waals surface area (Å²) in [5.41, 5.74) is 0.549. The zero-order valence-corrected chi connectivity index (χ0v) is 13.1. The number of ether oxygens (including phenoxy) is 1. The maximum Gasteiger partial charge on any atom is 0.347 e. The molecular formula is C18H16N2O4. The van der Waals surface area contributed by atoms with Gasteiger partial charge in [0.15, 0.2) is 11.3 Å². The van der Waals surface area contributed by atoms with Gasteiger partial charge < -0.3 is 14.4 Å². The van der Waals surface area contributed by atoms with Gasteiger partial charge in [-0.05, 0) is 24.6 Å². The van der Waals surface area contributed by atoms with E-state index in [-0.39, 0.29) is 24.2 Å². The van der Waals surface area contributed by atoms with Crippen molar-refractivity contribution in [2.45, 2.75) is 13.5 Å². The number of benzene rings is 1. The molecule has 6 nitrogen and oxygen atoms in total. The summed E-state index contributed by atoms with van der Waals surface area (Å²) < 4.78 is 6.32. The molecule has 24 heavy (non-hydrogen) atoms. The quantitative estimate of drug-likeness (QED) is 0.745. The largest absolute Gasteiger partial charge is 0.505 e. The molecule has 0 aliphatic rings. The summed E-state index contributed by atoms with van der Waals surface area (Å²) in [6.07, 6.45) is 1.49. The van der Waals surface area contributed by atoms with Gasteiger partial charge >= 0.3 is 5.97 Å². The highest BCUT2D eigenvalue weighted by Crippen LogP contribution is 2.25. The van der Waals surface area contributed by atoms with Gasteiger partial charge in [0.25, 0.3) is 5.56 Å². The molecule has 0 atom stereocenters. The predicted molar refractivity (Wildman–Crippen MR) is 89.2 cm³/mol. The Morgan fingerprint density at radius 1 is 1.21 bits per heavy atom. The van der Waals surface area contributed by atoms with Crippen molar-refractivity contribution in [1.82, 2.24) is 9.55 Å². The van der Waals surface area contributed by atoms with Crippen LogP contribution < -0.4 is 5.56 Å². The Labute approximate surface area is 138 Å². The minimum atomic E-state index is -0.852. The molecule has 1 aromatic carbocycles. The predicted octanol–water partition coefficient (Wildman–Crippen LogP) is 2.33. The van der Waals surface area contributed by atoms with Crippen molar-refractivity contribution in [3.8, 4) is 5.75 Å². The minimum Gasteiger partial charge on any atom is -0.505 e. The van der Waals surface area contributed by atoms with Gasteiger partial charge in [-0.15, -0.1) is 0 Å². The lowest BCUT2D eigenvalue weighted by Gasteiger charge is -2.14. The van der Waals surface area contributed by atoms with E-state index in [1.165, 1.54) is 10.8 Å². The number of carbonyl (C=O) groups excluding carboxylic acids is 1. The first-order valence-corrected chi connectivity index (χ1v) is 7.55. The van der Waals surface area contributed by atoms with Crippen molar-refractivity contribution in [2.24, 2.45) is 0 Å². The molecular weight excluding hydrogens is 308 g/mol. The number of pyridine rings is 2. The summed E-state index contributed by atoms with van der Waals surface area (Å²) in [7, 11) is 0. The Kier molecular flexibility index (Phi) is 4.29. The number of hydrogen-bond donors (Lipinski definition) is 1. The zero-order valence-electron chi connectivity index (χ0n) is 13.1. The van der Waals surface area contributed by atoms with Gasteiger partial charge in [0.05, 0.1) is 18.7 Å². The molecule has 6 heteroatoms. The molecule has 0 saturated carbocycles. The summed E-state index contributed by atoms with van der Waals surface area (Å²) >= 11 is 0. The minimum absolute atomic E-state index is 0.108. The molecule has 0 bridgehead atoms. The molecule has 3 rings (SSSR count). The van der Waals surface area contributed by atoms with Crippen LogP contribution in [0.1, 0.15) is 22.8 Å². The number of aromatic hydroxyl groups is 1. The summed E-state index contributed by atoms with van der Waals surface area (Å²) in [4.78, 5) is 29.0. The van der Waals surface area contributed by atoms with E-state index in [2.05, 4.69) is 4.98 Å². The molecule has 3 aromatic rings. The van der Waals surface area contributed by atoms with Gasteiger partial charge in [-0.1, -0.05) is 30.3 Å². The Hall–Kier alpha value is -3.15. The molecule has 0 spiro atoms. The molecule has 0 unspecified atom stereocenters.